The van der Waals surface area contributed by atoms with Gasteiger partial charge in [-0.15, -0.1) is 0 Å². The molecule has 1 unspecified atom stereocenters. The first-order chi connectivity index (χ1) is 7.61. The van der Waals surface area contributed by atoms with Crippen LogP contribution in [0.4, 0.5) is 4.79 Å². The van der Waals surface area contributed by atoms with Gasteiger partial charge in [0.05, 0.1) is 0 Å². The van der Waals surface area contributed by atoms with Crippen LogP contribution in [0.3, 0.4) is 0 Å². The van der Waals surface area contributed by atoms with Gasteiger partial charge in [0.1, 0.15) is 6.04 Å². The van der Waals surface area contributed by atoms with Gasteiger partial charge in [-0.2, -0.15) is 5.06 Å². The number of amides is 2. The fourth-order valence-corrected chi connectivity index (χ4v) is 1.15. The molecular weight excluding hydrogens is 204 g/mol. The van der Waals surface area contributed by atoms with Crippen LogP contribution in [0.15, 0.2) is 30.3 Å². The number of rotatable bonds is 2. The molecule has 1 rings (SSSR count). The van der Waals surface area contributed by atoms with Gasteiger partial charge in [-0.25, -0.2) is 4.79 Å². The van der Waals surface area contributed by atoms with Gasteiger partial charge in [0.2, 0.25) is 0 Å². The molecule has 1 atom stereocenters. The molecule has 2 amide bonds. The van der Waals surface area contributed by atoms with E-state index in [1.807, 2.05) is 30.3 Å². The summed E-state index contributed by atoms with van der Waals surface area (Å²) in [6, 6.07) is 8.23. The molecule has 1 aromatic rings. The van der Waals surface area contributed by atoms with Gasteiger partial charge in [0.25, 0.3) is 0 Å². The van der Waals surface area contributed by atoms with Crippen molar-refractivity contribution in [3.05, 3.63) is 35.9 Å². The molecule has 84 valence electrons. The summed E-state index contributed by atoms with van der Waals surface area (Å²) in [6.07, 6.45) is 0.581. The van der Waals surface area contributed by atoms with E-state index in [0.717, 1.165) is 5.56 Å². The van der Waals surface area contributed by atoms with Crippen molar-refractivity contribution in [2.45, 2.75) is 19.4 Å². The molecule has 16 heavy (non-hydrogen) atoms. The van der Waals surface area contributed by atoms with E-state index in [2.05, 4.69) is 11.8 Å². The van der Waals surface area contributed by atoms with E-state index in [-0.39, 0.29) is 0 Å². The number of hydroxylamine groups is 2. The van der Waals surface area contributed by atoms with Crippen LogP contribution in [0.1, 0.15) is 12.5 Å². The largest absolute Gasteiger partial charge is 0.350 e. The van der Waals surface area contributed by atoms with Crippen molar-refractivity contribution in [3.8, 4) is 11.8 Å². The van der Waals surface area contributed by atoms with E-state index in [9.17, 15) is 4.79 Å². The summed E-state index contributed by atoms with van der Waals surface area (Å²) in [6.45, 7) is 1.60. The van der Waals surface area contributed by atoms with Crippen LogP contribution < -0.4 is 5.73 Å². The first-order valence-electron chi connectivity index (χ1n) is 4.91. The third kappa shape index (κ3) is 3.64. The average molecular weight is 218 g/mol. The topological polar surface area (TPSA) is 66.6 Å². The molecule has 4 heteroatoms. The van der Waals surface area contributed by atoms with Gasteiger partial charge in [-0.05, 0) is 12.5 Å². The Morgan fingerprint density at radius 3 is 2.69 bits per heavy atom. The highest BCUT2D eigenvalue weighted by molar-refractivity contribution is 5.71. The summed E-state index contributed by atoms with van der Waals surface area (Å²) in [5.41, 5.74) is 5.98. The quantitative estimate of drug-likeness (QED) is 0.447. The summed E-state index contributed by atoms with van der Waals surface area (Å²) in [5.74, 6) is 5.62. The number of hydrogen-bond acceptors (Lipinski definition) is 2. The summed E-state index contributed by atoms with van der Waals surface area (Å²) in [7, 11) is 0. The maximum absolute atomic E-state index is 10.6. The van der Waals surface area contributed by atoms with E-state index in [0.29, 0.717) is 11.5 Å². The molecule has 0 aliphatic rings. The van der Waals surface area contributed by atoms with E-state index in [4.69, 9.17) is 10.9 Å². The number of benzene rings is 1. The van der Waals surface area contributed by atoms with Crippen LogP contribution >= 0.6 is 0 Å². The molecule has 0 aromatic heterocycles. The van der Waals surface area contributed by atoms with Crippen molar-refractivity contribution in [1.29, 1.82) is 0 Å². The SMILES string of the molecule is CC(C#CCc1ccccc1)N(O)C(N)=O. The van der Waals surface area contributed by atoms with Crippen molar-refractivity contribution in [2.75, 3.05) is 0 Å². The Morgan fingerprint density at radius 1 is 1.50 bits per heavy atom. The van der Waals surface area contributed by atoms with Crippen molar-refractivity contribution >= 4 is 6.03 Å². The van der Waals surface area contributed by atoms with Crippen LogP contribution in [-0.2, 0) is 6.42 Å². The molecule has 0 fully saturated rings. The monoisotopic (exact) mass is 218 g/mol. The van der Waals surface area contributed by atoms with E-state index in [1.54, 1.807) is 6.92 Å². The molecule has 0 spiro atoms. The number of hydrogen-bond donors (Lipinski definition) is 2. The summed E-state index contributed by atoms with van der Waals surface area (Å²) in [5, 5.41) is 9.56. The Morgan fingerprint density at radius 2 is 2.12 bits per heavy atom. The second kappa shape index (κ2) is 5.79. The molecular formula is C12H14N2O2. The van der Waals surface area contributed by atoms with Crippen LogP contribution in [0, 0.1) is 11.8 Å². The third-order valence-corrected chi connectivity index (χ3v) is 2.04. The number of carbonyl (C=O) groups is 1. The second-order valence-corrected chi connectivity index (χ2v) is 3.34. The molecule has 0 aliphatic heterocycles. The van der Waals surface area contributed by atoms with Gasteiger partial charge in [-0.3, -0.25) is 5.21 Å². The Kier molecular flexibility index (Phi) is 4.37. The van der Waals surface area contributed by atoms with Gasteiger partial charge in [-0.1, -0.05) is 42.2 Å². The van der Waals surface area contributed by atoms with Crippen LogP contribution in [0.25, 0.3) is 0 Å². The first kappa shape index (κ1) is 12.1. The molecule has 0 saturated carbocycles. The molecule has 4 nitrogen and oxygen atoms in total. The summed E-state index contributed by atoms with van der Waals surface area (Å²) in [4.78, 5) is 10.6. The predicted octanol–water partition coefficient (Wildman–Crippen LogP) is 1.39. The third-order valence-electron chi connectivity index (χ3n) is 2.04. The van der Waals surface area contributed by atoms with Gasteiger partial charge in [0, 0.05) is 6.42 Å². The van der Waals surface area contributed by atoms with Crippen molar-refractivity contribution in [3.63, 3.8) is 0 Å². The van der Waals surface area contributed by atoms with Crippen molar-refractivity contribution in [1.82, 2.24) is 5.06 Å². The van der Waals surface area contributed by atoms with E-state index >= 15 is 0 Å². The molecule has 3 N–H and O–H groups in total. The minimum Gasteiger partial charge on any atom is -0.350 e. The smallest absolute Gasteiger partial charge is 0.339 e. The molecule has 0 bridgehead atoms. The summed E-state index contributed by atoms with van der Waals surface area (Å²) < 4.78 is 0. The number of nitrogens with two attached hydrogens (primary N) is 1. The minimum atomic E-state index is -0.901. The van der Waals surface area contributed by atoms with Gasteiger partial charge >= 0.3 is 6.03 Å². The standard InChI is InChI=1S/C12H14N2O2/c1-10(14(16)12(13)15)6-5-9-11-7-3-2-4-8-11/h2-4,7-8,10,16H,9H2,1H3,(H2,13,15). The molecule has 0 radical (unpaired) electrons. The van der Waals surface area contributed by atoms with Crippen LogP contribution in [-0.4, -0.2) is 22.3 Å². The lowest BCUT2D eigenvalue weighted by molar-refractivity contribution is -0.0536. The average Bonchev–Trinajstić information content (AvgIpc) is 2.29. The lowest BCUT2D eigenvalue weighted by Crippen LogP contribution is -2.38. The lowest BCUT2D eigenvalue weighted by Gasteiger charge is -2.14. The van der Waals surface area contributed by atoms with Gasteiger partial charge in [0.15, 0.2) is 0 Å². The first-order valence-corrected chi connectivity index (χ1v) is 4.91. The zero-order valence-corrected chi connectivity index (χ0v) is 9.05. The molecule has 1 aromatic carbocycles. The second-order valence-electron chi connectivity index (χ2n) is 3.34. The minimum absolute atomic E-state index is 0.415. The number of primary amides is 1. The normalized spacial score (nSPS) is 11.1. The Bertz CT molecular complexity index is 406. The maximum atomic E-state index is 10.6. The van der Waals surface area contributed by atoms with Crippen molar-refractivity contribution in [2.24, 2.45) is 5.73 Å². The van der Waals surface area contributed by atoms with E-state index < -0.39 is 12.1 Å². The van der Waals surface area contributed by atoms with E-state index in [1.165, 1.54) is 0 Å². The highest BCUT2D eigenvalue weighted by Crippen LogP contribution is 1.98. The molecule has 0 heterocycles. The van der Waals surface area contributed by atoms with Gasteiger partial charge < -0.3 is 5.73 Å². The number of nitrogens with zero attached hydrogens (tertiary/aromatic N) is 1. The number of urea groups is 1. The fourth-order valence-electron chi connectivity index (χ4n) is 1.15. The summed E-state index contributed by atoms with van der Waals surface area (Å²) >= 11 is 0. The Balaban J connectivity index is 2.53. The van der Waals surface area contributed by atoms with Crippen LogP contribution in [0.2, 0.25) is 0 Å². The highest BCUT2D eigenvalue weighted by atomic mass is 16.5. The molecule has 0 saturated heterocycles. The van der Waals surface area contributed by atoms with Crippen molar-refractivity contribution < 1.29 is 10.0 Å². The zero-order valence-electron chi connectivity index (χ0n) is 9.05. The number of carbonyl (C=O) groups excluding carboxylic acids is 1. The Hall–Kier alpha value is -1.99. The van der Waals surface area contributed by atoms with Crippen LogP contribution in [0.5, 0.6) is 0 Å². The highest BCUT2D eigenvalue weighted by Gasteiger charge is 2.11. The molecule has 0 aliphatic carbocycles. The fraction of sp³-hybridized carbons (Fsp3) is 0.250. The zero-order chi connectivity index (χ0) is 12.0. The maximum Gasteiger partial charge on any atom is 0.339 e. The predicted molar refractivity (Wildman–Crippen MR) is 60.6 cm³/mol. The Labute approximate surface area is 94.6 Å². The lowest BCUT2D eigenvalue weighted by atomic mass is 10.1.